The molecule has 0 fully saturated rings. The van der Waals surface area contributed by atoms with Gasteiger partial charge in [-0.15, -0.1) is 0 Å². The maximum Gasteiger partial charge on any atom is 0.0720 e. The van der Waals surface area contributed by atoms with Crippen LogP contribution in [0.4, 0.5) is 0 Å². The van der Waals surface area contributed by atoms with Crippen LogP contribution in [0.3, 0.4) is 0 Å². The molecule has 0 saturated heterocycles. The van der Waals surface area contributed by atoms with E-state index in [1.54, 1.807) is 11.1 Å². The van der Waals surface area contributed by atoms with E-state index in [1.165, 1.54) is 24.8 Å². The number of ether oxygens (including phenoxy) is 1. The average Bonchev–Trinajstić information content (AvgIpc) is 2.19. The Bertz CT molecular complexity index is 302. The first kappa shape index (κ1) is 7.57. The van der Waals surface area contributed by atoms with Gasteiger partial charge in [-0.25, -0.2) is 0 Å². The Morgan fingerprint density at radius 2 is 2.15 bits per heavy atom. The van der Waals surface area contributed by atoms with Gasteiger partial charge in [0.2, 0.25) is 0 Å². The number of benzene rings is 1. The molecular weight excluding hydrogens is 160 g/mol. The zero-order valence-corrected chi connectivity index (χ0v) is 7.75. The zero-order valence-electron chi connectivity index (χ0n) is 7.75. The van der Waals surface area contributed by atoms with Gasteiger partial charge in [0.1, 0.15) is 0 Å². The second-order valence-corrected chi connectivity index (χ2v) is 4.09. The SMILES string of the molecule is c1cc2c3c(c1)COCC3CCC2. The molecule has 1 unspecified atom stereocenters. The molecule has 0 N–H and O–H groups in total. The highest BCUT2D eigenvalue weighted by Crippen LogP contribution is 2.37. The maximum absolute atomic E-state index is 5.59. The summed E-state index contributed by atoms with van der Waals surface area (Å²) in [6.45, 7) is 1.78. The van der Waals surface area contributed by atoms with Crippen molar-refractivity contribution >= 4 is 0 Å². The molecule has 0 spiro atoms. The van der Waals surface area contributed by atoms with E-state index < -0.39 is 0 Å². The molecule has 3 rings (SSSR count). The molecule has 1 aliphatic carbocycles. The van der Waals surface area contributed by atoms with Gasteiger partial charge < -0.3 is 4.74 Å². The first-order chi connectivity index (χ1) is 6.45. The molecule has 13 heavy (non-hydrogen) atoms. The number of rotatable bonds is 0. The highest BCUT2D eigenvalue weighted by Gasteiger charge is 2.25. The summed E-state index contributed by atoms with van der Waals surface area (Å²) >= 11 is 0. The van der Waals surface area contributed by atoms with E-state index in [0.29, 0.717) is 5.92 Å². The number of hydrogen-bond donors (Lipinski definition) is 0. The standard InChI is InChI=1S/C12H14O/c1-3-9-4-2-6-11-8-13-7-10(5-1)12(9)11/h1,3,5,11H,2,4,6-8H2. The van der Waals surface area contributed by atoms with Crippen LogP contribution in [-0.4, -0.2) is 6.61 Å². The van der Waals surface area contributed by atoms with Crippen LogP contribution >= 0.6 is 0 Å². The number of hydrogen-bond acceptors (Lipinski definition) is 1. The second-order valence-electron chi connectivity index (χ2n) is 4.09. The first-order valence-electron chi connectivity index (χ1n) is 5.13. The Hall–Kier alpha value is -0.820. The van der Waals surface area contributed by atoms with Gasteiger partial charge in [-0.1, -0.05) is 18.2 Å². The summed E-state index contributed by atoms with van der Waals surface area (Å²) in [5, 5.41) is 0. The van der Waals surface area contributed by atoms with Crippen LogP contribution < -0.4 is 0 Å². The lowest BCUT2D eigenvalue weighted by Crippen LogP contribution is -2.21. The normalized spacial score (nSPS) is 25.4. The van der Waals surface area contributed by atoms with Crippen molar-refractivity contribution in [3.8, 4) is 0 Å². The Labute approximate surface area is 78.7 Å². The lowest BCUT2D eigenvalue weighted by atomic mass is 9.79. The molecule has 1 aliphatic heterocycles. The molecule has 0 saturated carbocycles. The van der Waals surface area contributed by atoms with Crippen LogP contribution in [0.25, 0.3) is 0 Å². The van der Waals surface area contributed by atoms with Gasteiger partial charge in [0.05, 0.1) is 13.2 Å². The molecule has 2 aliphatic rings. The largest absolute Gasteiger partial charge is 0.376 e. The molecule has 1 heteroatoms. The maximum atomic E-state index is 5.59. The van der Waals surface area contributed by atoms with Crippen LogP contribution in [0, 0.1) is 0 Å². The predicted molar refractivity (Wildman–Crippen MR) is 51.8 cm³/mol. The van der Waals surface area contributed by atoms with Crippen LogP contribution in [0.15, 0.2) is 18.2 Å². The molecule has 1 nitrogen and oxygen atoms in total. The van der Waals surface area contributed by atoms with E-state index in [0.717, 1.165) is 13.2 Å². The lowest BCUT2D eigenvalue weighted by molar-refractivity contribution is 0.0858. The summed E-state index contributed by atoms with van der Waals surface area (Å²) in [4.78, 5) is 0. The van der Waals surface area contributed by atoms with Crippen molar-refractivity contribution < 1.29 is 4.74 Å². The topological polar surface area (TPSA) is 9.23 Å². The minimum absolute atomic E-state index is 0.702. The minimum Gasteiger partial charge on any atom is -0.376 e. The molecule has 0 aromatic heterocycles. The van der Waals surface area contributed by atoms with Crippen LogP contribution in [0.1, 0.15) is 35.4 Å². The Morgan fingerprint density at radius 3 is 3.15 bits per heavy atom. The molecule has 0 radical (unpaired) electrons. The third-order valence-electron chi connectivity index (χ3n) is 3.27. The summed E-state index contributed by atoms with van der Waals surface area (Å²) in [6, 6.07) is 6.68. The van der Waals surface area contributed by atoms with Crippen molar-refractivity contribution in [2.45, 2.75) is 31.8 Å². The highest BCUT2D eigenvalue weighted by atomic mass is 16.5. The van der Waals surface area contributed by atoms with Crippen LogP contribution in [-0.2, 0) is 17.8 Å². The van der Waals surface area contributed by atoms with Gasteiger partial charge in [-0.05, 0) is 36.0 Å². The fourth-order valence-corrected chi connectivity index (χ4v) is 2.70. The average molecular weight is 174 g/mol. The quantitative estimate of drug-likeness (QED) is 0.587. The van der Waals surface area contributed by atoms with Gasteiger partial charge in [0.15, 0.2) is 0 Å². The van der Waals surface area contributed by atoms with E-state index in [1.807, 2.05) is 0 Å². The minimum atomic E-state index is 0.702. The van der Waals surface area contributed by atoms with Crippen molar-refractivity contribution in [1.29, 1.82) is 0 Å². The third kappa shape index (κ3) is 1.11. The molecule has 1 heterocycles. The fourth-order valence-electron chi connectivity index (χ4n) is 2.70. The Morgan fingerprint density at radius 1 is 1.23 bits per heavy atom. The number of aryl methyl sites for hydroxylation is 1. The van der Waals surface area contributed by atoms with Gasteiger partial charge in [0, 0.05) is 5.92 Å². The molecular formula is C12H14O. The van der Waals surface area contributed by atoms with Crippen molar-refractivity contribution in [2.75, 3.05) is 6.61 Å². The second kappa shape index (κ2) is 2.85. The molecule has 1 atom stereocenters. The molecule has 1 aromatic carbocycles. The van der Waals surface area contributed by atoms with Crippen LogP contribution in [0.2, 0.25) is 0 Å². The van der Waals surface area contributed by atoms with Crippen molar-refractivity contribution in [3.63, 3.8) is 0 Å². The van der Waals surface area contributed by atoms with Gasteiger partial charge in [-0.3, -0.25) is 0 Å². The predicted octanol–water partition coefficient (Wildman–Crippen LogP) is 2.64. The summed E-state index contributed by atoms with van der Waals surface area (Å²) in [7, 11) is 0. The fraction of sp³-hybridized carbons (Fsp3) is 0.500. The van der Waals surface area contributed by atoms with Gasteiger partial charge >= 0.3 is 0 Å². The summed E-state index contributed by atoms with van der Waals surface area (Å²) in [5.74, 6) is 0.702. The van der Waals surface area contributed by atoms with E-state index in [9.17, 15) is 0 Å². The van der Waals surface area contributed by atoms with Crippen molar-refractivity contribution in [2.24, 2.45) is 0 Å². The smallest absolute Gasteiger partial charge is 0.0720 e. The Kier molecular flexibility index (Phi) is 1.66. The monoisotopic (exact) mass is 174 g/mol. The zero-order chi connectivity index (χ0) is 8.67. The van der Waals surface area contributed by atoms with E-state index >= 15 is 0 Å². The molecule has 0 bridgehead atoms. The summed E-state index contributed by atoms with van der Waals surface area (Å²) in [5.41, 5.74) is 4.64. The van der Waals surface area contributed by atoms with E-state index in [-0.39, 0.29) is 0 Å². The first-order valence-corrected chi connectivity index (χ1v) is 5.13. The molecule has 1 aromatic rings. The molecule has 68 valence electrons. The van der Waals surface area contributed by atoms with Gasteiger partial charge in [-0.2, -0.15) is 0 Å². The lowest BCUT2D eigenvalue weighted by Gasteiger charge is -2.31. The van der Waals surface area contributed by atoms with E-state index in [2.05, 4.69) is 18.2 Å². The van der Waals surface area contributed by atoms with E-state index in [4.69, 9.17) is 4.74 Å². The summed E-state index contributed by atoms with van der Waals surface area (Å²) in [6.07, 6.45) is 3.94. The summed E-state index contributed by atoms with van der Waals surface area (Å²) < 4.78 is 5.59. The van der Waals surface area contributed by atoms with Gasteiger partial charge in [0.25, 0.3) is 0 Å². The highest BCUT2D eigenvalue weighted by molar-refractivity contribution is 5.40. The third-order valence-corrected chi connectivity index (χ3v) is 3.27. The van der Waals surface area contributed by atoms with Crippen molar-refractivity contribution in [3.05, 3.63) is 34.9 Å². The van der Waals surface area contributed by atoms with Crippen LogP contribution in [0.5, 0.6) is 0 Å². The molecule has 0 amide bonds. The Balaban J connectivity index is 2.18. The van der Waals surface area contributed by atoms with Crippen molar-refractivity contribution in [1.82, 2.24) is 0 Å².